The summed E-state index contributed by atoms with van der Waals surface area (Å²) in [6.07, 6.45) is 1.58. The summed E-state index contributed by atoms with van der Waals surface area (Å²) < 4.78 is 29.7. The average Bonchev–Trinajstić information content (AvgIpc) is 2.27. The van der Waals surface area contributed by atoms with Gasteiger partial charge in [0.2, 0.25) is 15.9 Å². The normalized spacial score (nSPS) is 11.3. The van der Waals surface area contributed by atoms with Gasteiger partial charge in [-0.25, -0.2) is 18.1 Å². The van der Waals surface area contributed by atoms with Gasteiger partial charge >= 0.3 is 0 Å². The Kier molecular flexibility index (Phi) is 4.05. The first-order valence-electron chi connectivity index (χ1n) is 4.53. The van der Waals surface area contributed by atoms with Gasteiger partial charge in [0, 0.05) is 18.8 Å². The molecule has 0 aliphatic rings. The van der Waals surface area contributed by atoms with Crippen LogP contribution in [0.2, 0.25) is 0 Å². The predicted octanol–water partition coefficient (Wildman–Crippen LogP) is 0.529. The van der Waals surface area contributed by atoms with Gasteiger partial charge in [-0.3, -0.25) is 0 Å². The van der Waals surface area contributed by atoms with Crippen LogP contribution in [0.5, 0.6) is 5.88 Å². The molecule has 1 rings (SSSR count). The number of nitrogens with one attached hydrogen (secondary N) is 1. The molecule has 0 radical (unpaired) electrons. The van der Waals surface area contributed by atoms with Crippen molar-refractivity contribution in [3.05, 3.63) is 23.9 Å². The number of hydrogen-bond donors (Lipinski definition) is 1. The van der Waals surface area contributed by atoms with E-state index in [0.29, 0.717) is 5.88 Å². The highest BCUT2D eigenvalue weighted by Crippen LogP contribution is 2.08. The first-order valence-corrected chi connectivity index (χ1v) is 6.19. The second-order valence-corrected chi connectivity index (χ2v) is 5.03. The Hall–Kier alpha value is -1.14. The number of methoxy groups -OCH3 is 1. The third kappa shape index (κ3) is 3.85. The van der Waals surface area contributed by atoms with E-state index in [2.05, 4.69) is 9.71 Å². The summed E-state index contributed by atoms with van der Waals surface area (Å²) in [7, 11) is -1.63. The lowest BCUT2D eigenvalue weighted by Gasteiger charge is -2.05. The molecule has 0 saturated heterocycles. The summed E-state index contributed by atoms with van der Waals surface area (Å²) in [5, 5.41) is 0. The summed E-state index contributed by atoms with van der Waals surface area (Å²) in [5.41, 5.74) is 0.818. The van der Waals surface area contributed by atoms with Gasteiger partial charge in [-0.05, 0) is 18.6 Å². The van der Waals surface area contributed by atoms with Gasteiger partial charge in [-0.15, -0.1) is 0 Å². The van der Waals surface area contributed by atoms with Crippen LogP contribution in [0.4, 0.5) is 0 Å². The first-order chi connectivity index (χ1) is 7.07. The Morgan fingerprint density at radius 2 is 2.27 bits per heavy atom. The van der Waals surface area contributed by atoms with Gasteiger partial charge in [0.1, 0.15) is 0 Å². The smallest absolute Gasteiger partial charge is 0.213 e. The number of rotatable bonds is 5. The molecule has 0 bridgehead atoms. The van der Waals surface area contributed by atoms with E-state index in [0.717, 1.165) is 5.56 Å². The van der Waals surface area contributed by atoms with Crippen LogP contribution >= 0.6 is 0 Å². The molecule has 1 N–H and O–H groups in total. The van der Waals surface area contributed by atoms with E-state index in [9.17, 15) is 8.42 Å². The van der Waals surface area contributed by atoms with Crippen LogP contribution in [0.1, 0.15) is 12.5 Å². The zero-order valence-electron chi connectivity index (χ0n) is 8.73. The van der Waals surface area contributed by atoms with Crippen molar-refractivity contribution in [3.8, 4) is 5.88 Å². The molecule has 0 spiro atoms. The summed E-state index contributed by atoms with van der Waals surface area (Å²) in [4.78, 5) is 3.92. The van der Waals surface area contributed by atoms with Gasteiger partial charge < -0.3 is 4.74 Å². The van der Waals surface area contributed by atoms with Crippen LogP contribution in [0.25, 0.3) is 0 Å². The van der Waals surface area contributed by atoms with Crippen molar-refractivity contribution in [2.75, 3.05) is 12.9 Å². The lowest BCUT2D eigenvalue weighted by Crippen LogP contribution is -2.24. The molecule has 5 nitrogen and oxygen atoms in total. The summed E-state index contributed by atoms with van der Waals surface area (Å²) in [6, 6.07) is 3.43. The number of hydrogen-bond acceptors (Lipinski definition) is 4. The minimum Gasteiger partial charge on any atom is -0.481 e. The standard InChI is InChI=1S/C9H14N2O3S/c1-3-15(12,13)11-7-8-4-5-10-9(6-8)14-2/h4-6,11H,3,7H2,1-2H3. The van der Waals surface area contributed by atoms with E-state index in [1.807, 2.05) is 0 Å². The van der Waals surface area contributed by atoms with Gasteiger partial charge in [-0.1, -0.05) is 0 Å². The molecule has 0 saturated carbocycles. The molecule has 0 atom stereocenters. The number of aromatic nitrogens is 1. The molecule has 0 aliphatic heterocycles. The van der Waals surface area contributed by atoms with E-state index in [1.54, 1.807) is 25.3 Å². The van der Waals surface area contributed by atoms with Crippen LogP contribution in [0.3, 0.4) is 0 Å². The molecular weight excluding hydrogens is 216 g/mol. The molecule has 0 unspecified atom stereocenters. The van der Waals surface area contributed by atoms with Crippen LogP contribution in [-0.4, -0.2) is 26.3 Å². The van der Waals surface area contributed by atoms with E-state index >= 15 is 0 Å². The van der Waals surface area contributed by atoms with Gasteiger partial charge in [0.05, 0.1) is 12.9 Å². The molecule has 0 aromatic carbocycles. The zero-order chi connectivity index (χ0) is 11.3. The van der Waals surface area contributed by atoms with E-state index in [-0.39, 0.29) is 12.3 Å². The molecule has 1 heterocycles. The molecule has 1 aromatic heterocycles. The maximum Gasteiger partial charge on any atom is 0.213 e. The SMILES string of the molecule is CCS(=O)(=O)NCc1ccnc(OC)c1. The fourth-order valence-corrected chi connectivity index (χ4v) is 1.56. The summed E-state index contributed by atoms with van der Waals surface area (Å²) in [6.45, 7) is 1.85. The Morgan fingerprint density at radius 1 is 1.53 bits per heavy atom. The number of sulfonamides is 1. The topological polar surface area (TPSA) is 68.3 Å². The fraction of sp³-hybridized carbons (Fsp3) is 0.444. The van der Waals surface area contributed by atoms with Gasteiger partial charge in [0.25, 0.3) is 0 Å². The highest BCUT2D eigenvalue weighted by atomic mass is 32.2. The quantitative estimate of drug-likeness (QED) is 0.801. The van der Waals surface area contributed by atoms with Crippen LogP contribution in [-0.2, 0) is 16.6 Å². The zero-order valence-corrected chi connectivity index (χ0v) is 9.54. The van der Waals surface area contributed by atoms with Gasteiger partial charge in [0.15, 0.2) is 0 Å². The minimum absolute atomic E-state index is 0.0786. The lowest BCUT2D eigenvalue weighted by molar-refractivity contribution is 0.397. The Morgan fingerprint density at radius 3 is 2.87 bits per heavy atom. The van der Waals surface area contributed by atoms with Crippen molar-refractivity contribution < 1.29 is 13.2 Å². The second-order valence-electron chi connectivity index (χ2n) is 2.93. The third-order valence-electron chi connectivity index (χ3n) is 1.88. The van der Waals surface area contributed by atoms with E-state index in [4.69, 9.17) is 4.74 Å². The Bertz CT molecular complexity index is 417. The molecule has 15 heavy (non-hydrogen) atoms. The van der Waals surface area contributed by atoms with Crippen molar-refractivity contribution in [3.63, 3.8) is 0 Å². The first kappa shape index (κ1) is 11.9. The van der Waals surface area contributed by atoms with Crippen LogP contribution in [0, 0.1) is 0 Å². The number of ether oxygens (including phenoxy) is 1. The largest absolute Gasteiger partial charge is 0.481 e. The van der Waals surface area contributed by atoms with E-state index in [1.165, 1.54) is 7.11 Å². The molecule has 0 aliphatic carbocycles. The molecule has 6 heteroatoms. The summed E-state index contributed by atoms with van der Waals surface area (Å²) >= 11 is 0. The van der Waals surface area contributed by atoms with Crippen molar-refractivity contribution in [1.82, 2.24) is 9.71 Å². The molecule has 0 fully saturated rings. The van der Waals surface area contributed by atoms with Crippen molar-refractivity contribution in [2.45, 2.75) is 13.5 Å². The van der Waals surface area contributed by atoms with Gasteiger partial charge in [-0.2, -0.15) is 0 Å². The molecular formula is C9H14N2O3S. The monoisotopic (exact) mass is 230 g/mol. The predicted molar refractivity (Wildman–Crippen MR) is 57.1 cm³/mol. The van der Waals surface area contributed by atoms with Crippen LogP contribution in [0.15, 0.2) is 18.3 Å². The second kappa shape index (κ2) is 5.09. The van der Waals surface area contributed by atoms with Crippen molar-refractivity contribution in [2.24, 2.45) is 0 Å². The molecule has 84 valence electrons. The van der Waals surface area contributed by atoms with Crippen LogP contribution < -0.4 is 9.46 Å². The fourth-order valence-electron chi connectivity index (χ4n) is 0.967. The number of nitrogens with zero attached hydrogens (tertiary/aromatic N) is 1. The maximum atomic E-state index is 11.2. The minimum atomic E-state index is -3.15. The molecule has 0 amide bonds. The highest BCUT2D eigenvalue weighted by Gasteiger charge is 2.06. The maximum absolute atomic E-state index is 11.2. The third-order valence-corrected chi connectivity index (χ3v) is 3.23. The molecule has 1 aromatic rings. The Labute approximate surface area is 89.5 Å². The van der Waals surface area contributed by atoms with Crippen molar-refractivity contribution in [1.29, 1.82) is 0 Å². The lowest BCUT2D eigenvalue weighted by atomic mass is 10.3. The number of pyridine rings is 1. The van der Waals surface area contributed by atoms with Crippen molar-refractivity contribution >= 4 is 10.0 Å². The van der Waals surface area contributed by atoms with E-state index < -0.39 is 10.0 Å². The average molecular weight is 230 g/mol. The Balaban J connectivity index is 2.65. The summed E-state index contributed by atoms with van der Waals surface area (Å²) in [5.74, 6) is 0.554. The highest BCUT2D eigenvalue weighted by molar-refractivity contribution is 7.89.